The molecule has 1 fully saturated rings. The highest BCUT2D eigenvalue weighted by Crippen LogP contribution is 2.14. The Bertz CT molecular complexity index is 277. The van der Waals surface area contributed by atoms with E-state index in [9.17, 15) is 18.0 Å². The molecule has 1 heterocycles. The fraction of sp³-hybridized carbons (Fsp3) is 0.917. The molecule has 4 nitrogen and oxygen atoms in total. The summed E-state index contributed by atoms with van der Waals surface area (Å²) in [4.78, 5) is 11.4. The van der Waals surface area contributed by atoms with Gasteiger partial charge in [0.05, 0.1) is 6.61 Å². The summed E-state index contributed by atoms with van der Waals surface area (Å²) < 4.78 is 39.7. The second-order valence-corrected chi connectivity index (χ2v) is 4.97. The first-order chi connectivity index (χ1) is 8.87. The molecular formula is C12H21F3N2O2. The minimum atomic E-state index is -4.33. The summed E-state index contributed by atoms with van der Waals surface area (Å²) in [6, 6.07) is 0.516. The normalized spacial score (nSPS) is 24.2. The van der Waals surface area contributed by atoms with Crippen molar-refractivity contribution in [3.05, 3.63) is 0 Å². The summed E-state index contributed by atoms with van der Waals surface area (Å²) >= 11 is 0. The maximum absolute atomic E-state index is 11.8. The third-order valence-electron chi connectivity index (χ3n) is 3.09. The predicted octanol–water partition coefficient (Wildman–Crippen LogP) is 1.46. The van der Waals surface area contributed by atoms with Crippen molar-refractivity contribution in [2.24, 2.45) is 5.92 Å². The molecular weight excluding hydrogens is 261 g/mol. The zero-order valence-corrected chi connectivity index (χ0v) is 11.1. The Labute approximate surface area is 111 Å². The molecule has 0 spiro atoms. The van der Waals surface area contributed by atoms with E-state index in [-0.39, 0.29) is 18.9 Å². The average molecular weight is 282 g/mol. The summed E-state index contributed by atoms with van der Waals surface area (Å²) in [6.45, 7) is 2.05. The van der Waals surface area contributed by atoms with Crippen molar-refractivity contribution >= 4 is 5.91 Å². The quantitative estimate of drug-likeness (QED) is 0.725. The van der Waals surface area contributed by atoms with Gasteiger partial charge >= 0.3 is 6.18 Å². The average Bonchev–Trinajstić information content (AvgIpc) is 2.33. The van der Waals surface area contributed by atoms with Gasteiger partial charge < -0.3 is 15.4 Å². The van der Waals surface area contributed by atoms with Crippen LogP contribution in [0.15, 0.2) is 0 Å². The number of carbonyl (C=O) groups excluding carboxylic acids is 1. The number of ether oxygens (including phenoxy) is 1. The van der Waals surface area contributed by atoms with Crippen molar-refractivity contribution in [1.29, 1.82) is 0 Å². The van der Waals surface area contributed by atoms with Gasteiger partial charge in [0.15, 0.2) is 0 Å². The van der Waals surface area contributed by atoms with Gasteiger partial charge in [0, 0.05) is 19.0 Å². The Morgan fingerprint density at radius 3 is 2.74 bits per heavy atom. The second kappa shape index (κ2) is 7.69. The number of alkyl halides is 3. The molecule has 1 saturated heterocycles. The first kappa shape index (κ1) is 16.2. The summed E-state index contributed by atoms with van der Waals surface area (Å²) in [7, 11) is 0. The van der Waals surface area contributed by atoms with Crippen molar-refractivity contribution in [1.82, 2.24) is 10.6 Å². The Morgan fingerprint density at radius 2 is 2.16 bits per heavy atom. The third kappa shape index (κ3) is 8.05. The van der Waals surface area contributed by atoms with Gasteiger partial charge in [-0.1, -0.05) is 0 Å². The Kier molecular flexibility index (Phi) is 6.57. The zero-order chi connectivity index (χ0) is 14.3. The van der Waals surface area contributed by atoms with Crippen LogP contribution < -0.4 is 10.6 Å². The van der Waals surface area contributed by atoms with Gasteiger partial charge in [-0.3, -0.25) is 4.79 Å². The lowest BCUT2D eigenvalue weighted by Gasteiger charge is -2.27. The van der Waals surface area contributed by atoms with Crippen LogP contribution in [0.3, 0.4) is 0 Å². The van der Waals surface area contributed by atoms with E-state index in [0.717, 1.165) is 19.4 Å². The van der Waals surface area contributed by atoms with Crippen LogP contribution in [0.1, 0.15) is 26.2 Å². The van der Waals surface area contributed by atoms with Crippen molar-refractivity contribution in [3.63, 3.8) is 0 Å². The lowest BCUT2D eigenvalue weighted by molar-refractivity contribution is -0.174. The molecule has 112 valence electrons. The number of piperidine rings is 1. The standard InChI is InChI=1S/C12H21F3N2O2/c1-9-2-3-10(6-16-9)7-17-11(18)4-5-19-8-12(13,14)15/h9-10,16H,2-8H2,1H3,(H,17,18). The molecule has 1 rings (SSSR count). The van der Waals surface area contributed by atoms with Crippen molar-refractivity contribution < 1.29 is 22.7 Å². The Hall–Kier alpha value is -0.820. The molecule has 1 aliphatic heterocycles. The largest absolute Gasteiger partial charge is 0.411 e. The molecule has 2 N–H and O–H groups in total. The van der Waals surface area contributed by atoms with Gasteiger partial charge in [0.2, 0.25) is 5.91 Å². The molecule has 0 saturated carbocycles. The van der Waals surface area contributed by atoms with Gasteiger partial charge in [-0.25, -0.2) is 0 Å². The van der Waals surface area contributed by atoms with Crippen LogP contribution in [0.5, 0.6) is 0 Å². The second-order valence-electron chi connectivity index (χ2n) is 4.97. The molecule has 1 aliphatic rings. The molecule has 0 bridgehead atoms. The topological polar surface area (TPSA) is 50.4 Å². The van der Waals surface area contributed by atoms with E-state index >= 15 is 0 Å². The third-order valence-corrected chi connectivity index (χ3v) is 3.09. The van der Waals surface area contributed by atoms with E-state index in [4.69, 9.17) is 0 Å². The van der Waals surface area contributed by atoms with Crippen LogP contribution in [0.25, 0.3) is 0 Å². The summed E-state index contributed by atoms with van der Waals surface area (Å²) in [6.07, 6.45) is -2.23. The highest BCUT2D eigenvalue weighted by atomic mass is 19.4. The predicted molar refractivity (Wildman–Crippen MR) is 64.7 cm³/mol. The fourth-order valence-corrected chi connectivity index (χ4v) is 1.93. The SMILES string of the molecule is CC1CCC(CNC(=O)CCOCC(F)(F)F)CN1. The zero-order valence-electron chi connectivity index (χ0n) is 11.1. The Balaban J connectivity index is 2.02. The maximum atomic E-state index is 11.8. The number of halogens is 3. The van der Waals surface area contributed by atoms with Crippen LogP contribution in [0, 0.1) is 5.92 Å². The van der Waals surface area contributed by atoms with Crippen molar-refractivity contribution in [3.8, 4) is 0 Å². The first-order valence-electron chi connectivity index (χ1n) is 6.51. The van der Waals surface area contributed by atoms with Crippen LogP contribution in [-0.2, 0) is 9.53 Å². The fourth-order valence-electron chi connectivity index (χ4n) is 1.93. The van der Waals surface area contributed by atoms with Crippen LogP contribution in [0.2, 0.25) is 0 Å². The Morgan fingerprint density at radius 1 is 1.42 bits per heavy atom. The number of carbonyl (C=O) groups is 1. The monoisotopic (exact) mass is 282 g/mol. The number of amides is 1. The minimum Gasteiger partial charge on any atom is -0.372 e. The van der Waals surface area contributed by atoms with E-state index < -0.39 is 12.8 Å². The van der Waals surface area contributed by atoms with E-state index in [2.05, 4.69) is 22.3 Å². The molecule has 2 atom stereocenters. The highest BCUT2D eigenvalue weighted by Gasteiger charge is 2.27. The van der Waals surface area contributed by atoms with Crippen LogP contribution >= 0.6 is 0 Å². The number of nitrogens with one attached hydrogen (secondary N) is 2. The highest BCUT2D eigenvalue weighted by molar-refractivity contribution is 5.75. The molecule has 0 aromatic heterocycles. The molecule has 2 unspecified atom stereocenters. The van der Waals surface area contributed by atoms with Gasteiger partial charge in [0.25, 0.3) is 0 Å². The number of rotatable bonds is 6. The lowest BCUT2D eigenvalue weighted by atomic mass is 9.95. The minimum absolute atomic E-state index is 0.0351. The van der Waals surface area contributed by atoms with E-state index in [1.54, 1.807) is 0 Å². The molecule has 0 aromatic carbocycles. The smallest absolute Gasteiger partial charge is 0.372 e. The van der Waals surface area contributed by atoms with E-state index in [1.165, 1.54) is 0 Å². The van der Waals surface area contributed by atoms with E-state index in [0.29, 0.717) is 18.5 Å². The van der Waals surface area contributed by atoms with Crippen molar-refractivity contribution in [2.75, 3.05) is 26.3 Å². The summed E-state index contributed by atoms with van der Waals surface area (Å²) in [5, 5.41) is 6.05. The molecule has 19 heavy (non-hydrogen) atoms. The molecule has 0 radical (unpaired) electrons. The number of hydrogen-bond donors (Lipinski definition) is 2. The van der Waals surface area contributed by atoms with Gasteiger partial charge in [0.1, 0.15) is 6.61 Å². The molecule has 7 heteroatoms. The lowest BCUT2D eigenvalue weighted by Crippen LogP contribution is -2.42. The molecule has 0 aromatic rings. The van der Waals surface area contributed by atoms with Gasteiger partial charge in [-0.05, 0) is 32.2 Å². The molecule has 1 amide bonds. The van der Waals surface area contributed by atoms with Gasteiger partial charge in [-0.15, -0.1) is 0 Å². The maximum Gasteiger partial charge on any atom is 0.411 e. The summed E-state index contributed by atoms with van der Waals surface area (Å²) in [5.41, 5.74) is 0. The first-order valence-corrected chi connectivity index (χ1v) is 6.51. The molecule has 0 aliphatic carbocycles. The van der Waals surface area contributed by atoms with Crippen LogP contribution in [0.4, 0.5) is 13.2 Å². The van der Waals surface area contributed by atoms with Crippen molar-refractivity contribution in [2.45, 2.75) is 38.4 Å². The van der Waals surface area contributed by atoms with E-state index in [1.807, 2.05) is 0 Å². The van der Waals surface area contributed by atoms with Gasteiger partial charge in [-0.2, -0.15) is 13.2 Å². The summed E-state index contributed by atoms with van der Waals surface area (Å²) in [5.74, 6) is 0.136. The number of hydrogen-bond acceptors (Lipinski definition) is 3. The van der Waals surface area contributed by atoms with Crippen LogP contribution in [-0.4, -0.2) is 44.4 Å².